The van der Waals surface area contributed by atoms with Crippen molar-refractivity contribution in [3.8, 4) is 0 Å². The molecule has 2 aliphatic heterocycles. The van der Waals surface area contributed by atoms with Gasteiger partial charge in [-0.2, -0.15) is 0 Å². The van der Waals surface area contributed by atoms with Crippen molar-refractivity contribution >= 4 is 5.91 Å². The summed E-state index contributed by atoms with van der Waals surface area (Å²) in [6.07, 6.45) is 3.44. The third-order valence-electron chi connectivity index (χ3n) is 3.54. The van der Waals surface area contributed by atoms with Crippen molar-refractivity contribution in [3.63, 3.8) is 0 Å². The maximum absolute atomic E-state index is 12.2. The first kappa shape index (κ1) is 10.9. The number of likely N-dealkylation sites (tertiary alicyclic amines) is 1. The van der Waals surface area contributed by atoms with Crippen molar-refractivity contribution in [2.45, 2.75) is 39.2 Å². The molecule has 0 aromatic carbocycles. The molecule has 0 spiro atoms. The molecule has 0 bridgehead atoms. The topological polar surface area (TPSA) is 32.3 Å². The van der Waals surface area contributed by atoms with Gasteiger partial charge < -0.3 is 10.2 Å². The Morgan fingerprint density at radius 1 is 1.27 bits per heavy atom. The van der Waals surface area contributed by atoms with Crippen LogP contribution in [0.15, 0.2) is 0 Å². The highest BCUT2D eigenvalue weighted by Gasteiger charge is 2.31. The SMILES string of the molecule is CC1CC(C)CN(C(=O)[C@@H]2CCCN2)C1. The normalized spacial score (nSPS) is 36.9. The predicted octanol–water partition coefficient (Wildman–Crippen LogP) is 1.24. The average Bonchev–Trinajstić information content (AvgIpc) is 2.67. The molecule has 2 unspecified atom stereocenters. The zero-order valence-corrected chi connectivity index (χ0v) is 9.83. The van der Waals surface area contributed by atoms with Gasteiger partial charge in [0, 0.05) is 13.1 Å². The van der Waals surface area contributed by atoms with Gasteiger partial charge >= 0.3 is 0 Å². The molecule has 3 heteroatoms. The second-order valence-electron chi connectivity index (χ2n) is 5.34. The number of piperidine rings is 1. The molecule has 1 amide bonds. The summed E-state index contributed by atoms with van der Waals surface area (Å²) in [5.41, 5.74) is 0. The second-order valence-corrected chi connectivity index (χ2v) is 5.34. The van der Waals surface area contributed by atoms with E-state index in [1.54, 1.807) is 0 Å². The number of carbonyl (C=O) groups is 1. The molecule has 0 radical (unpaired) electrons. The molecule has 2 fully saturated rings. The van der Waals surface area contributed by atoms with Gasteiger partial charge in [0.15, 0.2) is 0 Å². The van der Waals surface area contributed by atoms with Crippen LogP contribution in [-0.4, -0.2) is 36.5 Å². The Hall–Kier alpha value is -0.570. The number of carbonyl (C=O) groups excluding carboxylic acids is 1. The fourth-order valence-electron chi connectivity index (χ4n) is 2.96. The molecule has 0 aliphatic carbocycles. The Balaban J connectivity index is 1.93. The summed E-state index contributed by atoms with van der Waals surface area (Å²) in [5.74, 6) is 1.67. The van der Waals surface area contributed by atoms with Gasteiger partial charge in [0.25, 0.3) is 0 Å². The molecule has 2 rings (SSSR count). The van der Waals surface area contributed by atoms with Gasteiger partial charge in [-0.15, -0.1) is 0 Å². The Morgan fingerprint density at radius 3 is 2.47 bits per heavy atom. The number of nitrogens with zero attached hydrogens (tertiary/aromatic N) is 1. The van der Waals surface area contributed by atoms with Crippen LogP contribution in [0.25, 0.3) is 0 Å². The van der Waals surface area contributed by atoms with E-state index in [0.717, 1.165) is 32.5 Å². The first-order valence-corrected chi connectivity index (χ1v) is 6.19. The van der Waals surface area contributed by atoms with Crippen LogP contribution in [0.5, 0.6) is 0 Å². The summed E-state index contributed by atoms with van der Waals surface area (Å²) in [6, 6.07) is 0.113. The van der Waals surface area contributed by atoms with Crippen LogP contribution in [0.2, 0.25) is 0 Å². The third-order valence-corrected chi connectivity index (χ3v) is 3.54. The fourth-order valence-corrected chi connectivity index (χ4v) is 2.96. The van der Waals surface area contributed by atoms with Gasteiger partial charge in [-0.3, -0.25) is 4.79 Å². The maximum atomic E-state index is 12.2. The van der Waals surface area contributed by atoms with Crippen molar-refractivity contribution in [1.29, 1.82) is 0 Å². The number of hydrogen-bond acceptors (Lipinski definition) is 2. The Labute approximate surface area is 92.2 Å². The van der Waals surface area contributed by atoms with Crippen molar-refractivity contribution in [2.24, 2.45) is 11.8 Å². The number of rotatable bonds is 1. The van der Waals surface area contributed by atoms with E-state index in [2.05, 4.69) is 24.1 Å². The molecule has 1 N–H and O–H groups in total. The quantitative estimate of drug-likeness (QED) is 0.706. The molecule has 0 saturated carbocycles. The zero-order chi connectivity index (χ0) is 10.8. The third kappa shape index (κ3) is 2.51. The van der Waals surface area contributed by atoms with E-state index in [4.69, 9.17) is 0 Å². The van der Waals surface area contributed by atoms with Crippen LogP contribution in [0.1, 0.15) is 33.1 Å². The predicted molar refractivity (Wildman–Crippen MR) is 60.5 cm³/mol. The lowest BCUT2D eigenvalue weighted by Crippen LogP contribution is -2.49. The molecule has 86 valence electrons. The largest absolute Gasteiger partial charge is 0.341 e. The van der Waals surface area contributed by atoms with E-state index < -0.39 is 0 Å². The standard InChI is InChI=1S/C12H22N2O/c1-9-6-10(2)8-14(7-9)12(15)11-4-3-5-13-11/h9-11,13H,3-8H2,1-2H3/t9?,10?,11-/m0/s1. The fraction of sp³-hybridized carbons (Fsp3) is 0.917. The molecule has 2 saturated heterocycles. The van der Waals surface area contributed by atoms with Crippen LogP contribution in [0, 0.1) is 11.8 Å². The van der Waals surface area contributed by atoms with E-state index in [0.29, 0.717) is 17.7 Å². The first-order chi connectivity index (χ1) is 7.16. The maximum Gasteiger partial charge on any atom is 0.239 e. The van der Waals surface area contributed by atoms with Crippen molar-refractivity contribution in [2.75, 3.05) is 19.6 Å². The molecular weight excluding hydrogens is 188 g/mol. The second kappa shape index (κ2) is 4.52. The van der Waals surface area contributed by atoms with Crippen LogP contribution in [0.4, 0.5) is 0 Å². The molecule has 2 heterocycles. The van der Waals surface area contributed by atoms with Gasteiger partial charge in [0.2, 0.25) is 5.91 Å². The highest BCUT2D eigenvalue weighted by molar-refractivity contribution is 5.82. The summed E-state index contributed by atoms with van der Waals surface area (Å²) in [7, 11) is 0. The van der Waals surface area contributed by atoms with E-state index in [-0.39, 0.29) is 6.04 Å². The zero-order valence-electron chi connectivity index (χ0n) is 9.83. The van der Waals surface area contributed by atoms with E-state index in [1.807, 2.05) is 0 Å². The highest BCUT2D eigenvalue weighted by atomic mass is 16.2. The van der Waals surface area contributed by atoms with Crippen LogP contribution >= 0.6 is 0 Å². The lowest BCUT2D eigenvalue weighted by molar-refractivity contribution is -0.135. The molecule has 0 aromatic rings. The van der Waals surface area contributed by atoms with Crippen LogP contribution in [-0.2, 0) is 4.79 Å². The summed E-state index contributed by atoms with van der Waals surface area (Å²) >= 11 is 0. The summed E-state index contributed by atoms with van der Waals surface area (Å²) in [6.45, 7) is 7.42. The smallest absolute Gasteiger partial charge is 0.239 e. The van der Waals surface area contributed by atoms with Crippen LogP contribution < -0.4 is 5.32 Å². The Bertz CT molecular complexity index is 226. The summed E-state index contributed by atoms with van der Waals surface area (Å²) in [5, 5.41) is 3.29. The monoisotopic (exact) mass is 210 g/mol. The molecular formula is C12H22N2O. The van der Waals surface area contributed by atoms with Crippen molar-refractivity contribution < 1.29 is 4.79 Å². The van der Waals surface area contributed by atoms with Gasteiger partial charge in [-0.1, -0.05) is 13.8 Å². The van der Waals surface area contributed by atoms with Crippen molar-refractivity contribution in [3.05, 3.63) is 0 Å². The highest BCUT2D eigenvalue weighted by Crippen LogP contribution is 2.22. The molecule has 3 nitrogen and oxygen atoms in total. The average molecular weight is 210 g/mol. The van der Waals surface area contributed by atoms with Gasteiger partial charge in [-0.05, 0) is 37.6 Å². The summed E-state index contributed by atoms with van der Waals surface area (Å²) in [4.78, 5) is 14.2. The molecule has 3 atom stereocenters. The van der Waals surface area contributed by atoms with E-state index >= 15 is 0 Å². The minimum atomic E-state index is 0.113. The van der Waals surface area contributed by atoms with Gasteiger partial charge in [0.1, 0.15) is 0 Å². The minimum absolute atomic E-state index is 0.113. The molecule has 0 aromatic heterocycles. The van der Waals surface area contributed by atoms with Gasteiger partial charge in [0.05, 0.1) is 6.04 Å². The number of amides is 1. The lowest BCUT2D eigenvalue weighted by Gasteiger charge is -2.36. The van der Waals surface area contributed by atoms with E-state index in [1.165, 1.54) is 6.42 Å². The minimum Gasteiger partial charge on any atom is -0.341 e. The Kier molecular flexibility index (Phi) is 3.29. The van der Waals surface area contributed by atoms with E-state index in [9.17, 15) is 4.79 Å². The summed E-state index contributed by atoms with van der Waals surface area (Å²) < 4.78 is 0. The van der Waals surface area contributed by atoms with Gasteiger partial charge in [-0.25, -0.2) is 0 Å². The molecule has 15 heavy (non-hydrogen) atoms. The van der Waals surface area contributed by atoms with Crippen LogP contribution in [0.3, 0.4) is 0 Å². The first-order valence-electron chi connectivity index (χ1n) is 6.19. The number of hydrogen-bond donors (Lipinski definition) is 1. The number of nitrogens with one attached hydrogen (secondary N) is 1. The lowest BCUT2D eigenvalue weighted by atomic mass is 9.91. The van der Waals surface area contributed by atoms with Crippen molar-refractivity contribution in [1.82, 2.24) is 10.2 Å². The molecule has 2 aliphatic rings. The Morgan fingerprint density at radius 2 is 1.93 bits per heavy atom.